The van der Waals surface area contributed by atoms with E-state index >= 15 is 0 Å². The van der Waals surface area contributed by atoms with Crippen molar-refractivity contribution in [3.05, 3.63) is 12.4 Å². The average Bonchev–Trinajstić information content (AvgIpc) is 2.62. The molecule has 1 N–H and O–H groups in total. The minimum atomic E-state index is -0.401. The van der Waals surface area contributed by atoms with Crippen LogP contribution in [0, 0.1) is 17.2 Å². The maximum Gasteiger partial charge on any atom is 0.161 e. The van der Waals surface area contributed by atoms with Crippen LogP contribution in [0.1, 0.15) is 26.7 Å². The molecule has 7 heteroatoms. The summed E-state index contributed by atoms with van der Waals surface area (Å²) in [7, 11) is 0. The van der Waals surface area contributed by atoms with E-state index in [-0.39, 0.29) is 12.1 Å². The van der Waals surface area contributed by atoms with Gasteiger partial charge in [0, 0.05) is 19.2 Å². The second-order valence-corrected chi connectivity index (χ2v) is 6.67. The monoisotopic (exact) mass is 331 g/mol. The van der Waals surface area contributed by atoms with Crippen LogP contribution in [0.2, 0.25) is 0 Å². The molecular formula is C17H25N5O2. The Labute approximate surface area is 143 Å². The second-order valence-electron chi connectivity index (χ2n) is 6.67. The van der Waals surface area contributed by atoms with Gasteiger partial charge in [-0.05, 0) is 18.8 Å². The van der Waals surface area contributed by atoms with Crippen molar-refractivity contribution in [1.82, 2.24) is 9.97 Å². The fourth-order valence-electron chi connectivity index (χ4n) is 3.34. The fourth-order valence-corrected chi connectivity index (χ4v) is 3.34. The number of aromatic nitrogens is 2. The molecule has 0 bridgehead atoms. The fraction of sp³-hybridized carbons (Fsp3) is 0.706. The van der Waals surface area contributed by atoms with Gasteiger partial charge >= 0.3 is 0 Å². The zero-order valence-electron chi connectivity index (χ0n) is 14.3. The molecule has 3 heterocycles. The molecule has 0 aliphatic carbocycles. The molecule has 130 valence electrons. The third-order valence-corrected chi connectivity index (χ3v) is 4.54. The van der Waals surface area contributed by atoms with Crippen molar-refractivity contribution in [2.24, 2.45) is 5.92 Å². The lowest BCUT2D eigenvalue weighted by molar-refractivity contribution is -0.0203. The summed E-state index contributed by atoms with van der Waals surface area (Å²) in [5.41, 5.74) is 0. The van der Waals surface area contributed by atoms with E-state index in [0.717, 1.165) is 37.6 Å². The molecule has 2 saturated heterocycles. The van der Waals surface area contributed by atoms with Gasteiger partial charge in [0.15, 0.2) is 6.10 Å². The summed E-state index contributed by atoms with van der Waals surface area (Å²) in [5, 5.41) is 12.6. The standard InChI is InChI=1S/C17H25N5O2/c1-12(2)17-14(4-3-6-24-17)21-15-8-16(20-11-19-15)22-5-7-23-13(9-18)10-22/h8,11-14,17H,3-7,10H2,1-2H3,(H,19,20,21)/t13-,14-,17+/m1/s1. The third kappa shape index (κ3) is 3.94. The number of ether oxygens (including phenoxy) is 2. The van der Waals surface area contributed by atoms with Crippen LogP contribution in [0.5, 0.6) is 0 Å². The molecule has 0 unspecified atom stereocenters. The number of nitriles is 1. The normalized spacial score (nSPS) is 27.8. The quantitative estimate of drug-likeness (QED) is 0.901. The first-order valence-electron chi connectivity index (χ1n) is 8.63. The Balaban J connectivity index is 1.70. The van der Waals surface area contributed by atoms with Gasteiger partial charge in [-0.25, -0.2) is 9.97 Å². The van der Waals surface area contributed by atoms with E-state index in [1.165, 1.54) is 0 Å². The maximum atomic E-state index is 9.05. The van der Waals surface area contributed by atoms with Crippen LogP contribution < -0.4 is 10.2 Å². The molecule has 0 amide bonds. The molecule has 2 aliphatic heterocycles. The van der Waals surface area contributed by atoms with E-state index in [4.69, 9.17) is 14.7 Å². The summed E-state index contributed by atoms with van der Waals surface area (Å²) in [4.78, 5) is 10.8. The second kappa shape index (κ2) is 7.77. The zero-order chi connectivity index (χ0) is 16.9. The van der Waals surface area contributed by atoms with Gasteiger partial charge in [0.1, 0.15) is 18.0 Å². The van der Waals surface area contributed by atoms with Gasteiger partial charge in [-0.15, -0.1) is 0 Å². The highest BCUT2D eigenvalue weighted by atomic mass is 16.5. The highest BCUT2D eigenvalue weighted by Gasteiger charge is 2.29. The predicted octanol–water partition coefficient (Wildman–Crippen LogP) is 1.82. The van der Waals surface area contributed by atoms with E-state index in [0.29, 0.717) is 19.1 Å². The van der Waals surface area contributed by atoms with Gasteiger partial charge < -0.3 is 19.7 Å². The highest BCUT2D eigenvalue weighted by molar-refractivity contribution is 5.49. The summed E-state index contributed by atoms with van der Waals surface area (Å²) in [6.45, 7) is 7.01. The lowest BCUT2D eigenvalue weighted by Gasteiger charge is -2.35. The molecule has 2 fully saturated rings. The Morgan fingerprint density at radius 3 is 3.00 bits per heavy atom. The number of nitrogens with one attached hydrogen (secondary N) is 1. The van der Waals surface area contributed by atoms with E-state index in [1.807, 2.05) is 6.07 Å². The molecule has 0 spiro atoms. The lowest BCUT2D eigenvalue weighted by atomic mass is 9.94. The molecular weight excluding hydrogens is 306 g/mol. The largest absolute Gasteiger partial charge is 0.376 e. The minimum Gasteiger partial charge on any atom is -0.376 e. The average molecular weight is 331 g/mol. The van der Waals surface area contributed by atoms with Gasteiger partial charge in [-0.2, -0.15) is 5.26 Å². The molecule has 1 aromatic heterocycles. The molecule has 0 radical (unpaired) electrons. The van der Waals surface area contributed by atoms with E-state index in [1.54, 1.807) is 6.33 Å². The van der Waals surface area contributed by atoms with Gasteiger partial charge in [0.25, 0.3) is 0 Å². The molecule has 7 nitrogen and oxygen atoms in total. The topological polar surface area (TPSA) is 83.3 Å². The molecule has 0 aromatic carbocycles. The van der Waals surface area contributed by atoms with E-state index < -0.39 is 6.10 Å². The first-order valence-corrected chi connectivity index (χ1v) is 8.63. The van der Waals surface area contributed by atoms with Crippen LogP contribution in [0.3, 0.4) is 0 Å². The van der Waals surface area contributed by atoms with E-state index in [2.05, 4.69) is 40.1 Å². The van der Waals surface area contributed by atoms with E-state index in [9.17, 15) is 0 Å². The van der Waals surface area contributed by atoms with Crippen molar-refractivity contribution in [3.63, 3.8) is 0 Å². The molecule has 3 rings (SSSR count). The first kappa shape index (κ1) is 16.9. The van der Waals surface area contributed by atoms with Gasteiger partial charge in [-0.1, -0.05) is 13.8 Å². The summed E-state index contributed by atoms with van der Waals surface area (Å²) < 4.78 is 11.3. The van der Waals surface area contributed by atoms with Crippen LogP contribution in [-0.4, -0.2) is 54.5 Å². The van der Waals surface area contributed by atoms with Crippen molar-refractivity contribution >= 4 is 11.6 Å². The van der Waals surface area contributed by atoms with Crippen LogP contribution >= 0.6 is 0 Å². The molecule has 3 atom stereocenters. The Kier molecular flexibility index (Phi) is 5.48. The molecule has 0 saturated carbocycles. The van der Waals surface area contributed by atoms with Crippen molar-refractivity contribution in [1.29, 1.82) is 5.26 Å². The zero-order valence-corrected chi connectivity index (χ0v) is 14.3. The van der Waals surface area contributed by atoms with Crippen LogP contribution in [0.15, 0.2) is 12.4 Å². The molecule has 2 aliphatic rings. The van der Waals surface area contributed by atoms with Crippen molar-refractivity contribution in [3.8, 4) is 6.07 Å². The van der Waals surface area contributed by atoms with Crippen LogP contribution in [0.4, 0.5) is 11.6 Å². The van der Waals surface area contributed by atoms with Crippen LogP contribution in [0.25, 0.3) is 0 Å². The number of rotatable bonds is 4. The summed E-state index contributed by atoms with van der Waals surface area (Å²) >= 11 is 0. The summed E-state index contributed by atoms with van der Waals surface area (Å²) in [6, 6.07) is 4.37. The third-order valence-electron chi connectivity index (χ3n) is 4.54. The van der Waals surface area contributed by atoms with Crippen molar-refractivity contribution in [2.45, 2.75) is 44.9 Å². The molecule has 1 aromatic rings. The molecule has 24 heavy (non-hydrogen) atoms. The minimum absolute atomic E-state index is 0.198. The number of anilines is 2. The summed E-state index contributed by atoms with van der Waals surface area (Å²) in [5.74, 6) is 2.09. The first-order chi connectivity index (χ1) is 11.7. The van der Waals surface area contributed by atoms with Crippen molar-refractivity contribution < 1.29 is 9.47 Å². The number of hydrogen-bond donors (Lipinski definition) is 1. The lowest BCUT2D eigenvalue weighted by Crippen LogP contribution is -2.43. The van der Waals surface area contributed by atoms with Gasteiger partial charge in [-0.3, -0.25) is 0 Å². The SMILES string of the molecule is CC(C)[C@@H]1OCCC[C@H]1Nc1cc(N2CCO[C@H](C#N)C2)ncn1. The van der Waals surface area contributed by atoms with Crippen LogP contribution in [-0.2, 0) is 9.47 Å². The van der Waals surface area contributed by atoms with Gasteiger partial charge in [0.05, 0.1) is 31.4 Å². The van der Waals surface area contributed by atoms with Gasteiger partial charge in [0.2, 0.25) is 0 Å². The maximum absolute atomic E-state index is 9.05. The number of nitrogens with zero attached hydrogens (tertiary/aromatic N) is 4. The van der Waals surface area contributed by atoms with Crippen molar-refractivity contribution in [2.75, 3.05) is 36.5 Å². The Bertz CT molecular complexity index is 589. The Morgan fingerprint density at radius 2 is 2.21 bits per heavy atom. The summed E-state index contributed by atoms with van der Waals surface area (Å²) in [6.07, 6.45) is 3.51. The number of hydrogen-bond acceptors (Lipinski definition) is 7. The number of morpholine rings is 1. The Hall–Kier alpha value is -1.91. The highest BCUT2D eigenvalue weighted by Crippen LogP contribution is 2.24. The predicted molar refractivity (Wildman–Crippen MR) is 90.8 cm³/mol. The Morgan fingerprint density at radius 1 is 1.33 bits per heavy atom. The smallest absolute Gasteiger partial charge is 0.161 e.